The third-order valence-corrected chi connectivity index (χ3v) is 4.11. The van der Waals surface area contributed by atoms with E-state index in [4.69, 9.17) is 5.73 Å². The molecule has 0 aliphatic heterocycles. The highest BCUT2D eigenvalue weighted by Gasteiger charge is 2.50. The van der Waals surface area contributed by atoms with Crippen molar-refractivity contribution < 1.29 is 8.42 Å². The molecule has 0 unspecified atom stereocenters. The molecule has 3 nitrogen and oxygen atoms in total. The second-order valence-electron chi connectivity index (χ2n) is 2.66. The van der Waals surface area contributed by atoms with Crippen LogP contribution in [0.3, 0.4) is 0 Å². The Hall–Kier alpha value is -0.0900. The number of hydrogen-bond acceptors (Lipinski definition) is 3. The summed E-state index contributed by atoms with van der Waals surface area (Å²) in [4.78, 5) is 0. The zero-order chi connectivity index (χ0) is 7.12. The zero-order valence-electron chi connectivity index (χ0n) is 5.42. The summed E-state index contributed by atoms with van der Waals surface area (Å²) in [5.41, 5.74) is 5.28. The van der Waals surface area contributed by atoms with Gasteiger partial charge in [-0.25, -0.2) is 8.42 Å². The fourth-order valence-corrected chi connectivity index (χ4v) is 2.01. The van der Waals surface area contributed by atoms with Crippen LogP contribution in [0.15, 0.2) is 0 Å². The van der Waals surface area contributed by atoms with Crippen LogP contribution in [-0.2, 0) is 9.84 Å². The normalized spacial score (nSPS) is 23.8. The van der Waals surface area contributed by atoms with Gasteiger partial charge in [-0.3, -0.25) is 0 Å². The molecule has 2 N–H and O–H groups in total. The molecule has 9 heavy (non-hydrogen) atoms. The fourth-order valence-electron chi connectivity index (χ4n) is 0.866. The van der Waals surface area contributed by atoms with Crippen LogP contribution in [-0.4, -0.2) is 26.0 Å². The Balaban J connectivity index is 2.85. The van der Waals surface area contributed by atoms with Gasteiger partial charge in [0.25, 0.3) is 0 Å². The minimum absolute atomic E-state index is 0.284. The van der Waals surface area contributed by atoms with Crippen molar-refractivity contribution in [1.29, 1.82) is 0 Å². The van der Waals surface area contributed by atoms with Gasteiger partial charge in [0, 0.05) is 12.8 Å². The van der Waals surface area contributed by atoms with Crippen molar-refractivity contribution in [1.82, 2.24) is 0 Å². The molecule has 0 spiro atoms. The van der Waals surface area contributed by atoms with E-state index in [0.717, 1.165) is 12.8 Å². The SMILES string of the molecule is CS(=O)(=O)C1(CN)CC1. The maximum atomic E-state index is 10.9. The molecular weight excluding hydrogens is 138 g/mol. The Morgan fingerprint density at radius 2 is 2.00 bits per heavy atom. The molecule has 0 amide bonds. The highest BCUT2D eigenvalue weighted by molar-refractivity contribution is 7.92. The van der Waals surface area contributed by atoms with Gasteiger partial charge in [0.15, 0.2) is 9.84 Å². The number of hydrogen-bond donors (Lipinski definition) is 1. The number of nitrogens with two attached hydrogens (primary N) is 1. The largest absolute Gasteiger partial charge is 0.329 e. The summed E-state index contributed by atoms with van der Waals surface area (Å²) in [5, 5.41) is 0. The molecular formula is C5H11NO2S. The van der Waals surface area contributed by atoms with Gasteiger partial charge in [-0.15, -0.1) is 0 Å². The topological polar surface area (TPSA) is 60.2 Å². The van der Waals surface area contributed by atoms with Crippen molar-refractivity contribution in [2.24, 2.45) is 5.73 Å². The molecule has 1 rings (SSSR count). The summed E-state index contributed by atoms with van der Waals surface area (Å²) in [6.45, 7) is 0.284. The van der Waals surface area contributed by atoms with Crippen LogP contribution in [0.1, 0.15) is 12.8 Å². The van der Waals surface area contributed by atoms with E-state index in [-0.39, 0.29) is 6.54 Å². The second-order valence-corrected chi connectivity index (χ2v) is 5.07. The Bertz CT molecular complexity index is 203. The molecule has 0 atom stereocenters. The maximum absolute atomic E-state index is 10.9. The molecule has 1 saturated carbocycles. The smallest absolute Gasteiger partial charge is 0.154 e. The van der Waals surface area contributed by atoms with E-state index in [1.54, 1.807) is 0 Å². The van der Waals surface area contributed by atoms with Crippen molar-refractivity contribution in [2.75, 3.05) is 12.8 Å². The summed E-state index contributed by atoms with van der Waals surface area (Å²) in [6.07, 6.45) is 2.76. The minimum Gasteiger partial charge on any atom is -0.329 e. The lowest BCUT2D eigenvalue weighted by Gasteiger charge is -2.07. The summed E-state index contributed by atoms with van der Waals surface area (Å²) in [7, 11) is -2.87. The molecule has 1 aliphatic carbocycles. The molecule has 4 heteroatoms. The molecule has 1 aliphatic rings. The number of rotatable bonds is 2. The van der Waals surface area contributed by atoms with Crippen molar-refractivity contribution in [2.45, 2.75) is 17.6 Å². The Kier molecular flexibility index (Phi) is 1.33. The van der Waals surface area contributed by atoms with E-state index in [9.17, 15) is 8.42 Å². The van der Waals surface area contributed by atoms with Gasteiger partial charge >= 0.3 is 0 Å². The van der Waals surface area contributed by atoms with E-state index >= 15 is 0 Å². The average molecular weight is 149 g/mol. The van der Waals surface area contributed by atoms with Gasteiger partial charge in [0.2, 0.25) is 0 Å². The monoisotopic (exact) mass is 149 g/mol. The van der Waals surface area contributed by atoms with Crippen LogP contribution in [0, 0.1) is 0 Å². The van der Waals surface area contributed by atoms with Crippen LogP contribution in [0.4, 0.5) is 0 Å². The van der Waals surface area contributed by atoms with Gasteiger partial charge < -0.3 is 5.73 Å². The van der Waals surface area contributed by atoms with Crippen molar-refractivity contribution >= 4 is 9.84 Å². The summed E-state index contributed by atoms with van der Waals surface area (Å²) in [6, 6.07) is 0. The summed E-state index contributed by atoms with van der Waals surface area (Å²) in [5.74, 6) is 0. The summed E-state index contributed by atoms with van der Waals surface area (Å²) >= 11 is 0. The van der Waals surface area contributed by atoms with Crippen LogP contribution in [0.2, 0.25) is 0 Å². The fraction of sp³-hybridized carbons (Fsp3) is 1.00. The lowest BCUT2D eigenvalue weighted by atomic mass is 10.4. The third-order valence-electron chi connectivity index (χ3n) is 1.97. The van der Waals surface area contributed by atoms with E-state index in [1.807, 2.05) is 0 Å². The van der Waals surface area contributed by atoms with Gasteiger partial charge in [-0.05, 0) is 12.8 Å². The lowest BCUT2D eigenvalue weighted by Crippen LogP contribution is -2.30. The molecule has 0 aromatic rings. The van der Waals surface area contributed by atoms with Gasteiger partial charge in [0.1, 0.15) is 0 Å². The highest BCUT2D eigenvalue weighted by atomic mass is 32.2. The first-order chi connectivity index (χ1) is 4.02. The number of sulfone groups is 1. The zero-order valence-corrected chi connectivity index (χ0v) is 6.24. The quantitative estimate of drug-likeness (QED) is 0.577. The van der Waals surface area contributed by atoms with Crippen molar-refractivity contribution in [3.8, 4) is 0 Å². The van der Waals surface area contributed by atoms with Crippen LogP contribution >= 0.6 is 0 Å². The minimum atomic E-state index is -2.87. The standard InChI is InChI=1S/C5H11NO2S/c1-9(7,8)5(4-6)2-3-5/h2-4,6H2,1H3. The van der Waals surface area contributed by atoms with Gasteiger partial charge in [0.05, 0.1) is 4.75 Å². The van der Waals surface area contributed by atoms with E-state index in [2.05, 4.69) is 0 Å². The molecule has 0 aromatic carbocycles. The molecule has 0 heterocycles. The van der Waals surface area contributed by atoms with E-state index in [1.165, 1.54) is 6.26 Å². The molecule has 0 bridgehead atoms. The van der Waals surface area contributed by atoms with Crippen LogP contribution < -0.4 is 5.73 Å². The predicted octanol–water partition coefficient (Wildman–Crippen LogP) is -0.478. The Labute approximate surface area is 55.2 Å². The van der Waals surface area contributed by atoms with Crippen molar-refractivity contribution in [3.05, 3.63) is 0 Å². The van der Waals surface area contributed by atoms with Crippen LogP contribution in [0.25, 0.3) is 0 Å². The summed E-state index contributed by atoms with van der Waals surface area (Å²) < 4.78 is 21.2. The van der Waals surface area contributed by atoms with Crippen molar-refractivity contribution in [3.63, 3.8) is 0 Å². The molecule has 1 fully saturated rings. The third kappa shape index (κ3) is 0.966. The molecule has 54 valence electrons. The molecule has 0 aromatic heterocycles. The van der Waals surface area contributed by atoms with E-state index in [0.29, 0.717) is 0 Å². The Morgan fingerprint density at radius 3 is 2.00 bits per heavy atom. The first-order valence-electron chi connectivity index (χ1n) is 2.91. The second kappa shape index (κ2) is 1.70. The Morgan fingerprint density at radius 1 is 1.56 bits per heavy atom. The van der Waals surface area contributed by atoms with Gasteiger partial charge in [-0.2, -0.15) is 0 Å². The lowest BCUT2D eigenvalue weighted by molar-refractivity contribution is 0.583. The molecule has 0 saturated heterocycles. The molecule has 0 radical (unpaired) electrons. The van der Waals surface area contributed by atoms with Crippen LogP contribution in [0.5, 0.6) is 0 Å². The first kappa shape index (κ1) is 7.02. The van der Waals surface area contributed by atoms with Gasteiger partial charge in [-0.1, -0.05) is 0 Å². The highest BCUT2D eigenvalue weighted by Crippen LogP contribution is 2.41. The first-order valence-corrected chi connectivity index (χ1v) is 4.81. The average Bonchev–Trinajstić information content (AvgIpc) is 2.40. The maximum Gasteiger partial charge on any atom is 0.154 e. The predicted molar refractivity (Wildman–Crippen MR) is 35.9 cm³/mol. The van der Waals surface area contributed by atoms with E-state index < -0.39 is 14.6 Å².